The number of nitrogens with zero attached hydrogens (tertiary/aromatic N) is 2. The molecule has 2 aliphatic heterocycles. The molecular formula is C34H46F4N2Si4Ti. The van der Waals surface area contributed by atoms with E-state index in [9.17, 15) is 17.6 Å². The van der Waals surface area contributed by atoms with E-state index in [4.69, 9.17) is 0 Å². The zero-order valence-corrected chi connectivity index (χ0v) is 33.4. The summed E-state index contributed by atoms with van der Waals surface area (Å²) in [5.74, 6) is -2.31. The molecule has 6 rings (SSSR count). The maximum Gasteiger partial charge on any atom is 4.00 e. The SMILES string of the molecule is C[Si]1(C)CC[Si](C)(C)N1c1ccc(F)[c-]c1F.C[Si]1(C)CC[Si](C)(C)N1c1ccc(F)[c-]c1F.[Ti+4].c1cc[cH-]c1.c1cc[cH-]c1. The molecule has 0 radical (unpaired) electrons. The molecule has 2 fully saturated rings. The molecule has 0 saturated carbocycles. The zero-order valence-electron chi connectivity index (χ0n) is 27.8. The van der Waals surface area contributed by atoms with Gasteiger partial charge in [-0.05, 0) is 24.2 Å². The minimum atomic E-state index is -1.58. The summed E-state index contributed by atoms with van der Waals surface area (Å²) in [5, 5.41) is 0. The second-order valence-corrected chi connectivity index (χ2v) is 33.0. The van der Waals surface area contributed by atoms with E-state index in [1.54, 1.807) is 12.1 Å². The summed E-state index contributed by atoms with van der Waals surface area (Å²) in [7, 11) is -6.33. The normalized spacial score (nSPS) is 18.3. The van der Waals surface area contributed by atoms with E-state index in [2.05, 4.69) is 73.0 Å². The van der Waals surface area contributed by atoms with Gasteiger partial charge in [-0.3, -0.25) is 0 Å². The monoisotopic (exact) mass is 718 g/mol. The molecule has 240 valence electrons. The summed E-state index contributed by atoms with van der Waals surface area (Å²) in [4.78, 5) is 0. The molecule has 4 aromatic carbocycles. The molecule has 0 unspecified atom stereocenters. The van der Waals surface area contributed by atoms with Gasteiger partial charge < -0.3 is 8.46 Å². The Balaban J connectivity index is 0.000000235. The fraction of sp³-hybridized carbons (Fsp3) is 0.353. The van der Waals surface area contributed by atoms with Crippen molar-refractivity contribution in [1.82, 2.24) is 0 Å². The average molecular weight is 719 g/mol. The first-order valence-electron chi connectivity index (χ1n) is 15.2. The second-order valence-electron chi connectivity index (χ2n) is 13.9. The fourth-order valence-corrected chi connectivity index (χ4v) is 34.9. The van der Waals surface area contributed by atoms with E-state index < -0.39 is 56.2 Å². The Kier molecular flexibility index (Phi) is 14.2. The molecule has 0 atom stereocenters. The van der Waals surface area contributed by atoms with Gasteiger partial charge in [-0.2, -0.15) is 36.4 Å². The first kappa shape index (κ1) is 39.2. The van der Waals surface area contributed by atoms with Gasteiger partial charge in [0.25, 0.3) is 0 Å². The van der Waals surface area contributed by atoms with Crippen molar-refractivity contribution in [2.24, 2.45) is 0 Å². The van der Waals surface area contributed by atoms with Crippen molar-refractivity contribution in [2.45, 2.75) is 76.6 Å². The molecule has 45 heavy (non-hydrogen) atoms. The van der Waals surface area contributed by atoms with Gasteiger partial charge in [-0.1, -0.05) is 63.8 Å². The Bertz CT molecular complexity index is 1270. The zero-order chi connectivity index (χ0) is 32.8. The van der Waals surface area contributed by atoms with Crippen molar-refractivity contribution in [3.8, 4) is 0 Å². The van der Waals surface area contributed by atoms with Crippen LogP contribution in [0.4, 0.5) is 28.9 Å². The van der Waals surface area contributed by atoms with Crippen molar-refractivity contribution in [1.29, 1.82) is 0 Å². The molecule has 0 amide bonds. The van der Waals surface area contributed by atoms with Crippen LogP contribution in [-0.4, -0.2) is 32.9 Å². The van der Waals surface area contributed by atoms with E-state index in [0.29, 0.717) is 11.4 Å². The number of benzene rings is 2. The quantitative estimate of drug-likeness (QED) is 0.116. The molecule has 0 spiro atoms. The van der Waals surface area contributed by atoms with Gasteiger partial charge in [0.15, 0.2) is 0 Å². The van der Waals surface area contributed by atoms with E-state index >= 15 is 0 Å². The molecule has 0 aliphatic carbocycles. The van der Waals surface area contributed by atoms with Gasteiger partial charge in [-0.15, -0.1) is 36.4 Å². The second kappa shape index (κ2) is 16.2. The van der Waals surface area contributed by atoms with E-state index in [1.807, 2.05) is 60.7 Å². The van der Waals surface area contributed by atoms with Crippen LogP contribution in [-0.2, 0) is 21.7 Å². The van der Waals surface area contributed by atoms with Gasteiger partial charge in [0, 0.05) is 23.3 Å². The molecule has 0 N–H and O–H groups in total. The van der Waals surface area contributed by atoms with Gasteiger partial charge in [-0.25, -0.2) is 41.8 Å². The average Bonchev–Trinajstić information content (AvgIpc) is 3.73. The van der Waals surface area contributed by atoms with Crippen molar-refractivity contribution in [3.63, 3.8) is 0 Å². The third-order valence-electron chi connectivity index (χ3n) is 8.39. The smallest absolute Gasteiger partial charge is 0.477 e. The van der Waals surface area contributed by atoms with E-state index in [1.165, 1.54) is 36.3 Å². The fourth-order valence-electron chi connectivity index (χ4n) is 6.47. The van der Waals surface area contributed by atoms with Crippen LogP contribution in [0.25, 0.3) is 0 Å². The molecule has 2 aliphatic rings. The molecule has 11 heteroatoms. The number of halogens is 4. The van der Waals surface area contributed by atoms with Crippen molar-refractivity contribution >= 4 is 44.3 Å². The first-order valence-corrected chi connectivity index (χ1v) is 27.8. The summed E-state index contributed by atoms with van der Waals surface area (Å²) in [6.07, 6.45) is 0. The number of anilines is 2. The van der Waals surface area contributed by atoms with Crippen LogP contribution in [0.3, 0.4) is 0 Å². The predicted octanol–water partition coefficient (Wildman–Crippen LogP) is 10.8. The maximum atomic E-state index is 13.9. The van der Waals surface area contributed by atoms with Gasteiger partial charge in [0.05, 0.1) is 0 Å². The van der Waals surface area contributed by atoms with Gasteiger partial charge >= 0.3 is 21.7 Å². The van der Waals surface area contributed by atoms with Crippen LogP contribution in [0.2, 0.25) is 76.6 Å². The molecule has 2 heterocycles. The van der Waals surface area contributed by atoms with Crippen LogP contribution in [0, 0.1) is 35.4 Å². The van der Waals surface area contributed by atoms with E-state index in [-0.39, 0.29) is 21.7 Å². The number of hydrogen-bond donors (Lipinski definition) is 0. The maximum absolute atomic E-state index is 13.9. The number of rotatable bonds is 2. The Labute approximate surface area is 287 Å². The Hall–Kier alpha value is -1.96. The molecule has 2 saturated heterocycles. The van der Waals surface area contributed by atoms with Crippen LogP contribution in [0.15, 0.2) is 84.9 Å². The summed E-state index contributed by atoms with van der Waals surface area (Å²) in [6.45, 7) is 18.1. The summed E-state index contributed by atoms with van der Waals surface area (Å²) in [6, 6.07) is 34.9. The topological polar surface area (TPSA) is 6.48 Å². The van der Waals surface area contributed by atoms with Gasteiger partial charge in [0.1, 0.15) is 32.9 Å². The first-order chi connectivity index (χ1) is 20.5. The van der Waals surface area contributed by atoms with Crippen molar-refractivity contribution in [3.05, 3.63) is 120 Å². The Morgan fingerprint density at radius 3 is 0.978 bits per heavy atom. The van der Waals surface area contributed by atoms with Crippen LogP contribution >= 0.6 is 0 Å². The molecule has 0 bridgehead atoms. The predicted molar refractivity (Wildman–Crippen MR) is 189 cm³/mol. The third-order valence-corrected chi connectivity index (χ3v) is 28.4. The molecule has 2 nitrogen and oxygen atoms in total. The molecule has 4 aromatic rings. The molecular weight excluding hydrogens is 673 g/mol. The minimum Gasteiger partial charge on any atom is -0.477 e. The van der Waals surface area contributed by atoms with Crippen LogP contribution in [0.5, 0.6) is 0 Å². The number of hydrogen-bond acceptors (Lipinski definition) is 2. The summed E-state index contributed by atoms with van der Waals surface area (Å²) >= 11 is 0. The third kappa shape index (κ3) is 10.5. The Morgan fingerprint density at radius 2 is 0.778 bits per heavy atom. The Morgan fingerprint density at radius 1 is 0.511 bits per heavy atom. The summed E-state index contributed by atoms with van der Waals surface area (Å²) < 4.78 is 58.3. The van der Waals surface area contributed by atoms with Gasteiger partial charge in [0.2, 0.25) is 0 Å². The standard InChI is InChI=1S/2C12H18F2NSi2.2C5H5.Ti/c2*1-16(2)7-8-17(3,4)15(16)12-6-5-10(13)9-11(12)14;2*1-2-4-5-3-1;/h2*5-6H,7-8H2,1-4H3;2*1-5H;/q4*-1;+4. The van der Waals surface area contributed by atoms with Crippen molar-refractivity contribution < 1.29 is 39.3 Å². The van der Waals surface area contributed by atoms with Crippen LogP contribution in [0.1, 0.15) is 0 Å². The largest absolute Gasteiger partial charge is 4.00 e. The summed E-state index contributed by atoms with van der Waals surface area (Å²) in [5.41, 5.74) is 1.13. The molecule has 0 aromatic heterocycles. The minimum absolute atomic E-state index is 0. The van der Waals surface area contributed by atoms with Crippen LogP contribution < -0.4 is 8.46 Å². The van der Waals surface area contributed by atoms with Crippen molar-refractivity contribution in [2.75, 3.05) is 8.46 Å². The van der Waals surface area contributed by atoms with E-state index in [0.717, 1.165) is 0 Å².